The third-order valence-electron chi connectivity index (χ3n) is 4.72. The van der Waals surface area contributed by atoms with Gasteiger partial charge in [-0.05, 0) is 31.3 Å². The second-order valence-electron chi connectivity index (χ2n) is 6.58. The van der Waals surface area contributed by atoms with Crippen molar-refractivity contribution in [3.63, 3.8) is 0 Å². The second-order valence-corrected chi connectivity index (χ2v) is 8.56. The van der Waals surface area contributed by atoms with Crippen molar-refractivity contribution in [1.82, 2.24) is 10.3 Å². The van der Waals surface area contributed by atoms with Crippen LogP contribution in [-0.4, -0.2) is 41.1 Å². The number of nitrogens with zero attached hydrogens (tertiary/aromatic N) is 1. The number of aromatic nitrogens is 1. The van der Waals surface area contributed by atoms with Crippen molar-refractivity contribution in [1.29, 1.82) is 0 Å². The molecule has 0 aromatic carbocycles. The van der Waals surface area contributed by atoms with Crippen LogP contribution in [0.25, 0.3) is 0 Å². The standard InChI is InChI=1S/C17H23N3O3S2/c1-24-7-3-6-18-15(22)11-8-12-14(13(21)9-11)25-17(19-12)20-16(23)10-4-2-5-10/h10-11H,2-9H2,1H3,(H,18,22)(H,19,20,23). The highest BCUT2D eigenvalue weighted by Gasteiger charge is 2.33. The number of hydrogen-bond donors (Lipinski definition) is 2. The number of thioether (sulfide) groups is 1. The first kappa shape index (κ1) is 18.4. The van der Waals surface area contributed by atoms with E-state index >= 15 is 0 Å². The monoisotopic (exact) mass is 381 g/mol. The molecule has 0 bridgehead atoms. The molecule has 0 spiro atoms. The fourth-order valence-electron chi connectivity index (χ4n) is 3.02. The lowest BCUT2D eigenvalue weighted by atomic mass is 9.85. The molecule has 136 valence electrons. The van der Waals surface area contributed by atoms with Gasteiger partial charge in [0.2, 0.25) is 11.8 Å². The van der Waals surface area contributed by atoms with E-state index < -0.39 is 0 Å². The van der Waals surface area contributed by atoms with Gasteiger partial charge in [0.15, 0.2) is 10.9 Å². The van der Waals surface area contributed by atoms with Crippen LogP contribution >= 0.6 is 23.1 Å². The van der Waals surface area contributed by atoms with Gasteiger partial charge in [-0.3, -0.25) is 14.4 Å². The summed E-state index contributed by atoms with van der Waals surface area (Å²) in [7, 11) is 0. The lowest BCUT2D eigenvalue weighted by Gasteiger charge is -2.23. The molecule has 6 nitrogen and oxygen atoms in total. The molecule has 1 aromatic heterocycles. The van der Waals surface area contributed by atoms with Crippen molar-refractivity contribution >= 4 is 45.8 Å². The quantitative estimate of drug-likeness (QED) is 0.709. The van der Waals surface area contributed by atoms with Crippen LogP contribution in [0.2, 0.25) is 0 Å². The van der Waals surface area contributed by atoms with E-state index in [-0.39, 0.29) is 35.9 Å². The number of Topliss-reactive ketones (excluding diaryl/α,β-unsaturated/α-hetero) is 1. The number of amides is 2. The summed E-state index contributed by atoms with van der Waals surface area (Å²) in [6.45, 7) is 0.636. The maximum atomic E-state index is 12.4. The number of ketones is 1. The zero-order valence-corrected chi connectivity index (χ0v) is 15.9. The van der Waals surface area contributed by atoms with Gasteiger partial charge in [-0.15, -0.1) is 0 Å². The number of hydrogen-bond acceptors (Lipinski definition) is 6. The maximum Gasteiger partial charge on any atom is 0.229 e. The van der Waals surface area contributed by atoms with Crippen LogP contribution in [0.4, 0.5) is 5.13 Å². The summed E-state index contributed by atoms with van der Waals surface area (Å²) in [5.41, 5.74) is 0.648. The highest BCUT2D eigenvalue weighted by atomic mass is 32.2. The average Bonchev–Trinajstić information content (AvgIpc) is 2.92. The Balaban J connectivity index is 1.59. The van der Waals surface area contributed by atoms with Crippen LogP contribution in [0, 0.1) is 11.8 Å². The Bertz CT molecular complexity index is 670. The van der Waals surface area contributed by atoms with Crippen LogP contribution in [0.15, 0.2) is 0 Å². The fourth-order valence-corrected chi connectivity index (χ4v) is 4.40. The van der Waals surface area contributed by atoms with Gasteiger partial charge in [0.1, 0.15) is 0 Å². The summed E-state index contributed by atoms with van der Waals surface area (Å²) in [6, 6.07) is 0. The summed E-state index contributed by atoms with van der Waals surface area (Å²) in [4.78, 5) is 41.7. The van der Waals surface area contributed by atoms with Crippen LogP contribution in [0.3, 0.4) is 0 Å². The largest absolute Gasteiger partial charge is 0.356 e. The van der Waals surface area contributed by atoms with Gasteiger partial charge >= 0.3 is 0 Å². The number of carbonyl (C=O) groups excluding carboxylic acids is 3. The number of fused-ring (bicyclic) bond motifs is 1. The normalized spacial score (nSPS) is 19.9. The Labute approximate surface area is 155 Å². The van der Waals surface area contributed by atoms with E-state index in [1.165, 1.54) is 11.3 Å². The molecule has 2 N–H and O–H groups in total. The SMILES string of the molecule is CSCCCNC(=O)C1CC(=O)c2sc(NC(=O)C3CCC3)nc2C1. The van der Waals surface area contributed by atoms with E-state index in [2.05, 4.69) is 15.6 Å². The molecule has 0 saturated heterocycles. The second kappa shape index (κ2) is 8.31. The topological polar surface area (TPSA) is 88.2 Å². The summed E-state index contributed by atoms with van der Waals surface area (Å²) in [6.07, 6.45) is 6.59. The maximum absolute atomic E-state index is 12.4. The Morgan fingerprint density at radius 1 is 1.24 bits per heavy atom. The molecule has 25 heavy (non-hydrogen) atoms. The Morgan fingerprint density at radius 3 is 2.72 bits per heavy atom. The molecule has 1 saturated carbocycles. The van der Waals surface area contributed by atoms with Gasteiger partial charge in [0.05, 0.1) is 16.5 Å². The Kier molecular flexibility index (Phi) is 6.11. The average molecular weight is 382 g/mol. The first-order valence-corrected chi connectivity index (χ1v) is 10.9. The molecule has 3 rings (SSSR count). The van der Waals surface area contributed by atoms with Crippen LogP contribution in [0.5, 0.6) is 0 Å². The fraction of sp³-hybridized carbons (Fsp3) is 0.647. The molecule has 2 aliphatic rings. The number of carbonyl (C=O) groups is 3. The van der Waals surface area contributed by atoms with E-state index in [4.69, 9.17) is 0 Å². The molecule has 2 amide bonds. The minimum atomic E-state index is -0.355. The van der Waals surface area contributed by atoms with E-state index in [0.29, 0.717) is 28.7 Å². The van der Waals surface area contributed by atoms with Crippen molar-refractivity contribution in [2.75, 3.05) is 23.9 Å². The highest BCUT2D eigenvalue weighted by Crippen LogP contribution is 2.34. The van der Waals surface area contributed by atoms with Gasteiger partial charge in [-0.1, -0.05) is 17.8 Å². The molecular formula is C17H23N3O3S2. The summed E-state index contributed by atoms with van der Waals surface area (Å²) in [5, 5.41) is 6.22. The number of rotatable bonds is 7. The highest BCUT2D eigenvalue weighted by molar-refractivity contribution is 7.98. The van der Waals surface area contributed by atoms with Crippen molar-refractivity contribution in [3.8, 4) is 0 Å². The predicted octanol–water partition coefficient (Wildman–Crippen LogP) is 2.50. The predicted molar refractivity (Wildman–Crippen MR) is 100 cm³/mol. The minimum absolute atomic E-state index is 0.00659. The van der Waals surface area contributed by atoms with Crippen molar-refractivity contribution < 1.29 is 14.4 Å². The molecule has 1 heterocycles. The van der Waals surface area contributed by atoms with Crippen molar-refractivity contribution in [3.05, 3.63) is 10.6 Å². The molecule has 8 heteroatoms. The third kappa shape index (κ3) is 4.41. The van der Waals surface area contributed by atoms with E-state index in [1.807, 2.05) is 6.26 Å². The minimum Gasteiger partial charge on any atom is -0.356 e. The van der Waals surface area contributed by atoms with Gasteiger partial charge in [-0.25, -0.2) is 4.98 Å². The Hall–Kier alpha value is -1.41. The van der Waals surface area contributed by atoms with Gasteiger partial charge in [-0.2, -0.15) is 11.8 Å². The van der Waals surface area contributed by atoms with Crippen LogP contribution in [0.1, 0.15) is 47.5 Å². The van der Waals surface area contributed by atoms with Crippen molar-refractivity contribution in [2.45, 2.75) is 38.5 Å². The summed E-state index contributed by atoms with van der Waals surface area (Å²) < 4.78 is 0. The first-order chi connectivity index (χ1) is 12.1. The summed E-state index contributed by atoms with van der Waals surface area (Å²) in [5.74, 6) is 0.598. The van der Waals surface area contributed by atoms with E-state index in [0.717, 1.165) is 31.4 Å². The number of nitrogens with one attached hydrogen (secondary N) is 2. The molecule has 0 radical (unpaired) electrons. The Morgan fingerprint density at radius 2 is 2.04 bits per heavy atom. The molecule has 1 unspecified atom stereocenters. The lowest BCUT2D eigenvalue weighted by molar-refractivity contribution is -0.125. The van der Waals surface area contributed by atoms with Gasteiger partial charge < -0.3 is 10.6 Å². The van der Waals surface area contributed by atoms with Crippen LogP contribution < -0.4 is 10.6 Å². The molecule has 1 aromatic rings. The van der Waals surface area contributed by atoms with Crippen molar-refractivity contribution in [2.24, 2.45) is 11.8 Å². The molecule has 0 aliphatic heterocycles. The van der Waals surface area contributed by atoms with Gasteiger partial charge in [0, 0.05) is 25.3 Å². The van der Waals surface area contributed by atoms with E-state index in [9.17, 15) is 14.4 Å². The third-order valence-corrected chi connectivity index (χ3v) is 6.47. The zero-order chi connectivity index (χ0) is 17.8. The molecule has 1 fully saturated rings. The summed E-state index contributed by atoms with van der Waals surface area (Å²) >= 11 is 2.98. The van der Waals surface area contributed by atoms with E-state index in [1.54, 1.807) is 11.8 Å². The first-order valence-electron chi connectivity index (χ1n) is 8.69. The van der Waals surface area contributed by atoms with Gasteiger partial charge in [0.25, 0.3) is 0 Å². The molecule has 2 aliphatic carbocycles. The lowest BCUT2D eigenvalue weighted by Crippen LogP contribution is -2.36. The number of anilines is 1. The smallest absolute Gasteiger partial charge is 0.229 e. The molecule has 1 atom stereocenters. The zero-order valence-electron chi connectivity index (χ0n) is 14.3. The number of thiazole rings is 1. The molecular weight excluding hydrogens is 358 g/mol. The van der Waals surface area contributed by atoms with Crippen LogP contribution in [-0.2, 0) is 16.0 Å².